The zero-order valence-electron chi connectivity index (χ0n) is 11.9. The third-order valence-electron chi connectivity index (χ3n) is 3.33. The number of benzene rings is 2. The van der Waals surface area contributed by atoms with Crippen LogP contribution in [0.1, 0.15) is 15.9 Å². The number of hydrogen-bond acceptors (Lipinski definition) is 4. The normalized spacial score (nSPS) is 12.6. The largest absolute Gasteiger partial charge is 0.454 e. The van der Waals surface area contributed by atoms with E-state index in [-0.39, 0.29) is 18.4 Å². The van der Waals surface area contributed by atoms with Crippen LogP contribution in [0.25, 0.3) is 0 Å². The van der Waals surface area contributed by atoms with Crippen LogP contribution in [-0.4, -0.2) is 12.6 Å². The van der Waals surface area contributed by atoms with Crippen molar-refractivity contribution < 1.29 is 18.7 Å². The minimum atomic E-state index is -0.330. The van der Waals surface area contributed by atoms with Crippen molar-refractivity contribution in [2.24, 2.45) is 0 Å². The highest BCUT2D eigenvalue weighted by Crippen LogP contribution is 2.32. The highest BCUT2D eigenvalue weighted by Gasteiger charge is 2.15. The molecule has 0 bridgehead atoms. The lowest BCUT2D eigenvalue weighted by Gasteiger charge is -2.05. The van der Waals surface area contributed by atoms with Crippen LogP contribution in [0.4, 0.5) is 10.1 Å². The molecule has 3 rings (SSSR count). The summed E-state index contributed by atoms with van der Waals surface area (Å²) < 4.78 is 23.6. The van der Waals surface area contributed by atoms with E-state index in [0.717, 1.165) is 5.56 Å². The zero-order valence-corrected chi connectivity index (χ0v) is 11.9. The lowest BCUT2D eigenvalue weighted by Crippen LogP contribution is -1.97. The summed E-state index contributed by atoms with van der Waals surface area (Å²) in [6, 6.07) is 9.46. The maximum Gasteiger partial charge on any atom is 0.231 e. The molecule has 2 aromatic rings. The van der Waals surface area contributed by atoms with E-state index in [0.29, 0.717) is 22.7 Å². The fourth-order valence-corrected chi connectivity index (χ4v) is 2.10. The van der Waals surface area contributed by atoms with Crippen LogP contribution in [0.3, 0.4) is 0 Å². The van der Waals surface area contributed by atoms with E-state index in [1.54, 1.807) is 24.3 Å². The first-order valence-corrected chi connectivity index (χ1v) is 6.77. The molecule has 1 heterocycles. The van der Waals surface area contributed by atoms with Gasteiger partial charge in [0.2, 0.25) is 6.79 Å². The molecule has 0 aromatic heterocycles. The number of carbonyl (C=O) groups excluding carboxylic acids is 1. The van der Waals surface area contributed by atoms with Gasteiger partial charge in [-0.05, 0) is 42.8 Å². The third kappa shape index (κ3) is 2.93. The van der Waals surface area contributed by atoms with Crippen molar-refractivity contribution >= 4 is 11.5 Å². The number of hydrogen-bond donors (Lipinski definition) is 1. The first-order valence-electron chi connectivity index (χ1n) is 6.77. The van der Waals surface area contributed by atoms with E-state index in [2.05, 4.69) is 5.32 Å². The summed E-state index contributed by atoms with van der Waals surface area (Å²) >= 11 is 0. The van der Waals surface area contributed by atoms with Crippen LogP contribution >= 0.6 is 0 Å². The van der Waals surface area contributed by atoms with E-state index in [4.69, 9.17) is 9.47 Å². The molecule has 22 heavy (non-hydrogen) atoms. The molecule has 0 unspecified atom stereocenters. The van der Waals surface area contributed by atoms with Crippen LogP contribution in [-0.2, 0) is 0 Å². The Labute approximate surface area is 127 Å². The van der Waals surface area contributed by atoms with E-state index < -0.39 is 0 Å². The molecule has 1 aliphatic heterocycles. The second-order valence-corrected chi connectivity index (χ2v) is 4.87. The Balaban J connectivity index is 1.70. The van der Waals surface area contributed by atoms with E-state index in [1.807, 2.05) is 6.92 Å². The van der Waals surface area contributed by atoms with E-state index >= 15 is 0 Å². The third-order valence-corrected chi connectivity index (χ3v) is 3.33. The Morgan fingerprint density at radius 1 is 1.18 bits per heavy atom. The average molecular weight is 299 g/mol. The number of halogens is 1. The van der Waals surface area contributed by atoms with Crippen LogP contribution in [0.5, 0.6) is 11.5 Å². The Morgan fingerprint density at radius 2 is 2.00 bits per heavy atom. The first-order chi connectivity index (χ1) is 10.6. The second kappa shape index (κ2) is 5.89. The van der Waals surface area contributed by atoms with Crippen molar-refractivity contribution in [3.05, 3.63) is 65.6 Å². The molecular weight excluding hydrogens is 285 g/mol. The van der Waals surface area contributed by atoms with Gasteiger partial charge < -0.3 is 14.8 Å². The Morgan fingerprint density at radius 3 is 2.86 bits per heavy atom. The number of anilines is 1. The predicted molar refractivity (Wildman–Crippen MR) is 80.8 cm³/mol. The summed E-state index contributed by atoms with van der Waals surface area (Å²) in [6.45, 7) is 2.03. The number of ether oxygens (including phenoxy) is 2. The predicted octanol–water partition coefficient (Wildman–Crippen LogP) is 3.67. The topological polar surface area (TPSA) is 47.6 Å². The molecule has 5 heteroatoms. The van der Waals surface area contributed by atoms with Gasteiger partial charge in [-0.15, -0.1) is 0 Å². The highest BCUT2D eigenvalue weighted by atomic mass is 19.1. The van der Waals surface area contributed by atoms with Crippen molar-refractivity contribution in [1.82, 2.24) is 0 Å². The Kier molecular flexibility index (Phi) is 3.78. The number of carbonyl (C=O) groups is 1. The number of allylic oxidation sites excluding steroid dienone is 1. The van der Waals surface area contributed by atoms with Gasteiger partial charge >= 0.3 is 0 Å². The van der Waals surface area contributed by atoms with Gasteiger partial charge in [-0.1, -0.05) is 6.07 Å². The fourth-order valence-electron chi connectivity index (χ4n) is 2.10. The molecular formula is C17H14FNO3. The molecule has 0 amide bonds. The fraction of sp³-hybridized carbons (Fsp3) is 0.118. The Bertz CT molecular complexity index is 756. The van der Waals surface area contributed by atoms with Crippen LogP contribution in [0.15, 0.2) is 48.7 Å². The van der Waals surface area contributed by atoms with Crippen molar-refractivity contribution in [1.29, 1.82) is 0 Å². The molecule has 4 nitrogen and oxygen atoms in total. The van der Waals surface area contributed by atoms with Crippen molar-refractivity contribution in [3.63, 3.8) is 0 Å². The molecule has 0 saturated carbocycles. The van der Waals surface area contributed by atoms with Crippen molar-refractivity contribution in [2.75, 3.05) is 12.1 Å². The highest BCUT2D eigenvalue weighted by molar-refractivity contribution is 6.05. The molecule has 0 spiro atoms. The van der Waals surface area contributed by atoms with Gasteiger partial charge in [-0.2, -0.15) is 0 Å². The molecule has 1 N–H and O–H groups in total. The quantitative estimate of drug-likeness (QED) is 0.691. The molecule has 112 valence electrons. The average Bonchev–Trinajstić information content (AvgIpc) is 2.98. The summed E-state index contributed by atoms with van der Waals surface area (Å²) in [5.74, 6) is 0.686. The first kappa shape index (κ1) is 14.1. The Hall–Kier alpha value is -2.82. The monoisotopic (exact) mass is 299 g/mol. The number of ketones is 1. The zero-order chi connectivity index (χ0) is 15.5. The SMILES string of the molecule is Cc1ccc(F)cc1N/C=C/C(=O)c1ccc2c(c1)OCO2. The standard InChI is InChI=1S/C17H14FNO3/c1-11-2-4-13(18)9-14(11)19-7-6-15(20)12-3-5-16-17(8-12)22-10-21-16/h2-9,19H,10H2,1H3/b7-6+. The number of aryl methyl sites for hydroxylation is 1. The van der Waals surface area contributed by atoms with Gasteiger partial charge in [0.05, 0.1) is 0 Å². The van der Waals surface area contributed by atoms with Crippen LogP contribution in [0, 0.1) is 12.7 Å². The summed E-state index contributed by atoms with van der Waals surface area (Å²) in [5.41, 5.74) is 2.01. The smallest absolute Gasteiger partial charge is 0.231 e. The molecule has 0 atom stereocenters. The maximum atomic E-state index is 13.2. The molecule has 1 aliphatic rings. The summed E-state index contributed by atoms with van der Waals surface area (Å²) in [5, 5.41) is 2.91. The van der Waals surface area contributed by atoms with Crippen LogP contribution in [0.2, 0.25) is 0 Å². The van der Waals surface area contributed by atoms with Crippen LogP contribution < -0.4 is 14.8 Å². The summed E-state index contributed by atoms with van der Waals surface area (Å²) in [6.07, 6.45) is 2.89. The number of rotatable bonds is 4. The number of nitrogens with one attached hydrogen (secondary N) is 1. The minimum Gasteiger partial charge on any atom is -0.454 e. The second-order valence-electron chi connectivity index (χ2n) is 4.87. The van der Waals surface area contributed by atoms with Gasteiger partial charge in [0.25, 0.3) is 0 Å². The van der Waals surface area contributed by atoms with Crippen molar-refractivity contribution in [2.45, 2.75) is 6.92 Å². The van der Waals surface area contributed by atoms with Gasteiger partial charge in [0.15, 0.2) is 17.3 Å². The van der Waals surface area contributed by atoms with Gasteiger partial charge in [-0.3, -0.25) is 4.79 Å². The molecule has 0 aliphatic carbocycles. The molecule has 2 aromatic carbocycles. The van der Waals surface area contributed by atoms with Crippen molar-refractivity contribution in [3.8, 4) is 11.5 Å². The maximum absolute atomic E-state index is 13.2. The molecule has 0 radical (unpaired) electrons. The lowest BCUT2D eigenvalue weighted by molar-refractivity contribution is 0.104. The number of fused-ring (bicyclic) bond motifs is 1. The molecule has 0 saturated heterocycles. The summed E-state index contributed by atoms with van der Waals surface area (Å²) in [7, 11) is 0. The van der Waals surface area contributed by atoms with E-state index in [9.17, 15) is 9.18 Å². The van der Waals surface area contributed by atoms with Gasteiger partial charge in [0, 0.05) is 23.5 Å². The minimum absolute atomic E-state index is 0.170. The summed E-state index contributed by atoms with van der Waals surface area (Å²) in [4.78, 5) is 12.1. The van der Waals surface area contributed by atoms with Gasteiger partial charge in [-0.25, -0.2) is 4.39 Å². The molecule has 0 fully saturated rings. The van der Waals surface area contributed by atoms with Gasteiger partial charge in [0.1, 0.15) is 5.82 Å². The lowest BCUT2D eigenvalue weighted by atomic mass is 10.1. The van der Waals surface area contributed by atoms with E-state index in [1.165, 1.54) is 24.4 Å².